The van der Waals surface area contributed by atoms with Gasteiger partial charge in [-0.2, -0.15) is 5.26 Å². The van der Waals surface area contributed by atoms with Crippen molar-refractivity contribution < 1.29 is 4.39 Å². The summed E-state index contributed by atoms with van der Waals surface area (Å²) in [5, 5.41) is 11.9. The number of nitrogens with one attached hydrogen (secondary N) is 1. The van der Waals surface area contributed by atoms with Crippen molar-refractivity contribution in [3.8, 4) is 6.07 Å². The van der Waals surface area contributed by atoms with E-state index in [0.29, 0.717) is 12.1 Å². The highest BCUT2D eigenvalue weighted by molar-refractivity contribution is 5.34. The molecule has 0 aromatic heterocycles. The van der Waals surface area contributed by atoms with E-state index in [1.54, 1.807) is 12.1 Å². The minimum absolute atomic E-state index is 0.127. The highest BCUT2D eigenvalue weighted by Gasteiger charge is 2.19. The Kier molecular flexibility index (Phi) is 4.11. The van der Waals surface area contributed by atoms with Crippen LogP contribution in [-0.4, -0.2) is 6.54 Å². The molecular formula is C14H17FN2. The Morgan fingerprint density at radius 3 is 2.94 bits per heavy atom. The molecule has 0 aliphatic heterocycles. The van der Waals surface area contributed by atoms with E-state index in [4.69, 9.17) is 5.26 Å². The molecule has 90 valence electrons. The van der Waals surface area contributed by atoms with Crippen molar-refractivity contribution in [3.63, 3.8) is 0 Å². The molecule has 1 aliphatic rings. The first-order valence-electron chi connectivity index (χ1n) is 6.19. The van der Waals surface area contributed by atoms with E-state index in [2.05, 4.69) is 5.32 Å². The molecule has 0 saturated heterocycles. The van der Waals surface area contributed by atoms with E-state index in [0.717, 1.165) is 18.9 Å². The van der Waals surface area contributed by atoms with Crippen LogP contribution in [0.1, 0.15) is 36.8 Å². The third-order valence-electron chi connectivity index (χ3n) is 3.18. The zero-order chi connectivity index (χ0) is 12.1. The van der Waals surface area contributed by atoms with E-state index >= 15 is 0 Å². The second kappa shape index (κ2) is 5.79. The van der Waals surface area contributed by atoms with Gasteiger partial charge in [-0.25, -0.2) is 4.39 Å². The highest BCUT2D eigenvalue weighted by Crippen LogP contribution is 2.33. The van der Waals surface area contributed by atoms with E-state index < -0.39 is 0 Å². The zero-order valence-corrected chi connectivity index (χ0v) is 9.88. The Hall–Kier alpha value is -1.40. The molecule has 0 unspecified atom stereocenters. The summed E-state index contributed by atoms with van der Waals surface area (Å²) < 4.78 is 13.7. The number of hydrogen-bond donors (Lipinski definition) is 1. The van der Waals surface area contributed by atoms with Crippen molar-refractivity contribution in [2.24, 2.45) is 5.92 Å². The summed E-state index contributed by atoms with van der Waals surface area (Å²) in [5.41, 5.74) is 0.706. The summed E-state index contributed by atoms with van der Waals surface area (Å²) in [6, 6.07) is 6.81. The Balaban J connectivity index is 1.75. The lowest BCUT2D eigenvalue weighted by atomic mass is 10.1. The normalized spacial score (nSPS) is 14.6. The van der Waals surface area contributed by atoms with Crippen LogP contribution in [0.15, 0.2) is 18.2 Å². The predicted molar refractivity (Wildman–Crippen MR) is 64.8 cm³/mol. The molecule has 3 heteroatoms. The lowest BCUT2D eigenvalue weighted by Gasteiger charge is -2.06. The second-order valence-electron chi connectivity index (χ2n) is 4.65. The zero-order valence-electron chi connectivity index (χ0n) is 9.88. The monoisotopic (exact) mass is 232 g/mol. The van der Waals surface area contributed by atoms with Gasteiger partial charge in [0.1, 0.15) is 11.9 Å². The molecule has 2 rings (SSSR count). The number of halogens is 1. The van der Waals surface area contributed by atoms with Crippen molar-refractivity contribution >= 4 is 0 Å². The van der Waals surface area contributed by atoms with Gasteiger partial charge in [0, 0.05) is 12.1 Å². The Morgan fingerprint density at radius 2 is 2.24 bits per heavy atom. The third-order valence-corrected chi connectivity index (χ3v) is 3.18. The van der Waals surface area contributed by atoms with Crippen LogP contribution in [0.5, 0.6) is 0 Å². The molecule has 17 heavy (non-hydrogen) atoms. The van der Waals surface area contributed by atoms with Crippen molar-refractivity contribution in [3.05, 3.63) is 35.1 Å². The Morgan fingerprint density at radius 1 is 1.41 bits per heavy atom. The SMILES string of the molecule is N#Cc1cccc(CNCCCC2CC2)c1F. The van der Waals surface area contributed by atoms with Crippen LogP contribution in [0.2, 0.25) is 0 Å². The maximum absolute atomic E-state index is 13.7. The molecule has 2 nitrogen and oxygen atoms in total. The van der Waals surface area contributed by atoms with Gasteiger partial charge >= 0.3 is 0 Å². The van der Waals surface area contributed by atoms with Crippen molar-refractivity contribution in [1.29, 1.82) is 5.26 Å². The number of rotatable bonds is 6. The molecule has 1 aromatic rings. The van der Waals surface area contributed by atoms with Gasteiger partial charge in [0.05, 0.1) is 5.56 Å². The number of nitriles is 1. The van der Waals surface area contributed by atoms with Crippen LogP contribution in [0, 0.1) is 23.1 Å². The fourth-order valence-corrected chi connectivity index (χ4v) is 1.95. The molecule has 1 aromatic carbocycles. The van der Waals surface area contributed by atoms with Crippen molar-refractivity contribution in [2.75, 3.05) is 6.54 Å². The average Bonchev–Trinajstić information content (AvgIpc) is 3.15. The van der Waals surface area contributed by atoms with Gasteiger partial charge in [-0.3, -0.25) is 0 Å². The molecule has 0 amide bonds. The van der Waals surface area contributed by atoms with Crippen molar-refractivity contribution in [2.45, 2.75) is 32.2 Å². The molecule has 1 N–H and O–H groups in total. The van der Waals surface area contributed by atoms with Gasteiger partial charge in [-0.1, -0.05) is 25.0 Å². The van der Waals surface area contributed by atoms with E-state index in [1.807, 2.05) is 6.07 Å². The van der Waals surface area contributed by atoms with E-state index in [9.17, 15) is 4.39 Å². The first-order chi connectivity index (χ1) is 8.31. The molecular weight excluding hydrogens is 215 g/mol. The van der Waals surface area contributed by atoms with Crippen molar-refractivity contribution in [1.82, 2.24) is 5.32 Å². The quantitative estimate of drug-likeness (QED) is 0.765. The van der Waals surface area contributed by atoms with Gasteiger partial charge in [-0.05, 0) is 31.4 Å². The van der Waals surface area contributed by atoms with Crippen LogP contribution in [0.3, 0.4) is 0 Å². The molecule has 0 heterocycles. The number of hydrogen-bond acceptors (Lipinski definition) is 2. The molecule has 0 radical (unpaired) electrons. The van der Waals surface area contributed by atoms with Crippen LogP contribution < -0.4 is 5.32 Å². The summed E-state index contributed by atoms with van der Waals surface area (Å²) >= 11 is 0. The topological polar surface area (TPSA) is 35.8 Å². The highest BCUT2D eigenvalue weighted by atomic mass is 19.1. The minimum atomic E-state index is -0.385. The van der Waals surface area contributed by atoms with Crippen LogP contribution >= 0.6 is 0 Å². The first-order valence-corrected chi connectivity index (χ1v) is 6.19. The summed E-state index contributed by atoms with van der Waals surface area (Å²) in [5.74, 6) is 0.570. The maximum atomic E-state index is 13.7. The molecule has 1 aliphatic carbocycles. The summed E-state index contributed by atoms with van der Waals surface area (Å²) in [6.45, 7) is 1.43. The van der Waals surface area contributed by atoms with E-state index in [1.165, 1.54) is 25.3 Å². The molecule has 1 saturated carbocycles. The third kappa shape index (κ3) is 3.54. The van der Waals surface area contributed by atoms with E-state index in [-0.39, 0.29) is 11.4 Å². The Labute approximate surface area is 101 Å². The Bertz CT molecular complexity index is 419. The van der Waals surface area contributed by atoms with Gasteiger partial charge in [0.15, 0.2) is 0 Å². The fraction of sp³-hybridized carbons (Fsp3) is 0.500. The molecule has 1 fully saturated rings. The smallest absolute Gasteiger partial charge is 0.145 e. The largest absolute Gasteiger partial charge is 0.313 e. The number of nitrogens with zero attached hydrogens (tertiary/aromatic N) is 1. The summed E-state index contributed by atoms with van der Waals surface area (Å²) in [4.78, 5) is 0. The van der Waals surface area contributed by atoms with Gasteiger partial charge < -0.3 is 5.32 Å². The van der Waals surface area contributed by atoms with Crippen LogP contribution in [0.4, 0.5) is 4.39 Å². The lowest BCUT2D eigenvalue weighted by Crippen LogP contribution is -2.16. The second-order valence-corrected chi connectivity index (χ2v) is 4.65. The van der Waals surface area contributed by atoms with Gasteiger partial charge in [-0.15, -0.1) is 0 Å². The first kappa shape index (κ1) is 12.1. The fourth-order valence-electron chi connectivity index (χ4n) is 1.95. The standard InChI is InChI=1S/C14H17FN2/c15-14-12(9-16)4-1-5-13(14)10-17-8-2-3-11-6-7-11/h1,4-5,11,17H,2-3,6-8,10H2. The molecule has 0 spiro atoms. The summed E-state index contributed by atoms with van der Waals surface area (Å²) in [6.07, 6.45) is 5.22. The lowest BCUT2D eigenvalue weighted by molar-refractivity contribution is 0.563. The molecule has 0 bridgehead atoms. The minimum Gasteiger partial charge on any atom is -0.313 e. The van der Waals surface area contributed by atoms with Gasteiger partial charge in [0.25, 0.3) is 0 Å². The maximum Gasteiger partial charge on any atom is 0.145 e. The summed E-state index contributed by atoms with van der Waals surface area (Å²) in [7, 11) is 0. The predicted octanol–water partition coefficient (Wildman–Crippen LogP) is 2.98. The number of benzene rings is 1. The molecule has 0 atom stereocenters. The van der Waals surface area contributed by atoms with Crippen LogP contribution in [-0.2, 0) is 6.54 Å². The average molecular weight is 232 g/mol. The van der Waals surface area contributed by atoms with Crippen LogP contribution in [0.25, 0.3) is 0 Å². The van der Waals surface area contributed by atoms with Gasteiger partial charge in [0.2, 0.25) is 0 Å².